The van der Waals surface area contributed by atoms with E-state index in [2.05, 4.69) is 25.8 Å². The zero-order valence-electron chi connectivity index (χ0n) is 31.8. The number of benzene rings is 2. The first-order valence-corrected chi connectivity index (χ1v) is 19.4. The van der Waals surface area contributed by atoms with Crippen molar-refractivity contribution in [2.24, 2.45) is 5.41 Å². The number of carbonyl (C=O) groups is 3. The number of anilines is 2. The average Bonchev–Trinajstić information content (AvgIpc) is 3.76. The molecule has 0 saturated carbocycles. The van der Waals surface area contributed by atoms with Gasteiger partial charge in [-0.05, 0) is 61.4 Å². The normalized spacial score (nSPS) is 19.5. The van der Waals surface area contributed by atoms with Crippen molar-refractivity contribution in [3.8, 4) is 27.4 Å². The number of nitrogens with zero attached hydrogens (tertiary/aromatic N) is 5. The largest absolute Gasteiger partial charge is 0.507 e. The monoisotopic (exact) mass is 770 g/mol. The van der Waals surface area contributed by atoms with Crippen LogP contribution in [0, 0.1) is 12.3 Å². The van der Waals surface area contributed by atoms with Crippen LogP contribution in [0.3, 0.4) is 0 Å². The Bertz CT molecular complexity index is 2020. The first-order chi connectivity index (χ1) is 26.0. The number of β-amino-alcohol motifs (C(OH)–C–C–N with tert-alkyl or cyclic N) is 1. The minimum atomic E-state index is -1.35. The van der Waals surface area contributed by atoms with Crippen LogP contribution in [-0.4, -0.2) is 96.5 Å². The van der Waals surface area contributed by atoms with Gasteiger partial charge in [0, 0.05) is 31.6 Å². The number of aliphatic hydroxyl groups is 2. The zero-order valence-corrected chi connectivity index (χ0v) is 32.6. The van der Waals surface area contributed by atoms with Crippen molar-refractivity contribution in [1.29, 1.82) is 0 Å². The van der Waals surface area contributed by atoms with E-state index in [9.17, 15) is 29.7 Å². The van der Waals surface area contributed by atoms with E-state index in [1.165, 1.54) is 4.90 Å². The number of likely N-dealkylation sites (tertiary alicyclic amines) is 1. The summed E-state index contributed by atoms with van der Waals surface area (Å²) in [5, 5.41) is 46.6. The van der Waals surface area contributed by atoms with Gasteiger partial charge in [0.25, 0.3) is 0 Å². The quantitative estimate of drug-likeness (QED) is 0.136. The topological polar surface area (TPSA) is 207 Å². The van der Waals surface area contributed by atoms with E-state index in [-0.39, 0.29) is 49.8 Å². The molecule has 4 atom stereocenters. The number of hydrogen-bond acceptors (Lipinski definition) is 12. The summed E-state index contributed by atoms with van der Waals surface area (Å²) in [6, 6.07) is 14.1. The Morgan fingerprint density at radius 3 is 2.38 bits per heavy atom. The number of nitrogens with two attached hydrogens (primary N) is 1. The zero-order chi connectivity index (χ0) is 39.7. The highest BCUT2D eigenvalue weighted by Gasteiger charge is 2.45. The van der Waals surface area contributed by atoms with Gasteiger partial charge in [-0.3, -0.25) is 14.4 Å². The van der Waals surface area contributed by atoms with Crippen LogP contribution in [0.15, 0.2) is 60.1 Å². The molecule has 3 amide bonds. The van der Waals surface area contributed by atoms with Crippen molar-refractivity contribution in [2.45, 2.75) is 90.1 Å². The molecule has 2 aliphatic heterocycles. The molecule has 7 N–H and O–H groups in total. The summed E-state index contributed by atoms with van der Waals surface area (Å²) in [7, 11) is 0. The lowest BCUT2D eigenvalue weighted by atomic mass is 9.84. The lowest BCUT2D eigenvalue weighted by molar-refractivity contribution is -0.145. The van der Waals surface area contributed by atoms with E-state index in [1.807, 2.05) is 69.3 Å². The van der Waals surface area contributed by atoms with E-state index in [1.54, 1.807) is 41.7 Å². The summed E-state index contributed by atoms with van der Waals surface area (Å²) in [4.78, 5) is 50.2. The number of phenolic OH excluding ortho intramolecular Hbond substituents is 1. The second-order valence-corrected chi connectivity index (χ2v) is 16.6. The van der Waals surface area contributed by atoms with Gasteiger partial charge in [-0.25, -0.2) is 4.98 Å². The van der Waals surface area contributed by atoms with E-state index in [4.69, 9.17) is 5.73 Å². The number of amides is 3. The predicted octanol–water partition coefficient (Wildman–Crippen LogP) is 3.95. The van der Waals surface area contributed by atoms with Gasteiger partial charge in [-0.2, -0.15) is 0 Å². The molecule has 0 spiro atoms. The second kappa shape index (κ2) is 15.9. The van der Waals surface area contributed by atoms with Crippen molar-refractivity contribution in [3.63, 3.8) is 0 Å². The van der Waals surface area contributed by atoms with E-state index < -0.39 is 46.9 Å². The van der Waals surface area contributed by atoms with Gasteiger partial charge in [0.15, 0.2) is 5.82 Å². The summed E-state index contributed by atoms with van der Waals surface area (Å²) in [6.07, 6.45) is -0.582. The Morgan fingerprint density at radius 1 is 1.05 bits per heavy atom. The van der Waals surface area contributed by atoms with Crippen molar-refractivity contribution in [1.82, 2.24) is 30.7 Å². The third-order valence-corrected chi connectivity index (χ3v) is 11.5. The summed E-state index contributed by atoms with van der Waals surface area (Å²) in [5.74, 6) is -1.09. The summed E-state index contributed by atoms with van der Waals surface area (Å²) < 4.78 is 0. The molecule has 2 saturated heterocycles. The number of aliphatic hydroxyl groups excluding tert-OH is 1. The van der Waals surface area contributed by atoms with Crippen LogP contribution < -0.4 is 21.3 Å². The van der Waals surface area contributed by atoms with E-state index in [0.717, 1.165) is 21.7 Å². The summed E-state index contributed by atoms with van der Waals surface area (Å²) in [6.45, 7) is 9.99. The molecule has 0 aliphatic carbocycles. The molecular formula is C40H50N8O6S. The number of phenols is 1. The van der Waals surface area contributed by atoms with E-state index in [0.29, 0.717) is 30.0 Å². The second-order valence-electron chi connectivity index (χ2n) is 15.8. The molecule has 292 valence electrons. The molecule has 15 heteroatoms. The highest BCUT2D eigenvalue weighted by Crippen LogP contribution is 2.35. The molecule has 4 aromatic rings. The lowest BCUT2D eigenvalue weighted by Gasteiger charge is -2.40. The first-order valence-electron chi connectivity index (χ1n) is 18.5. The minimum absolute atomic E-state index is 0.0466. The summed E-state index contributed by atoms with van der Waals surface area (Å²) in [5.41, 5.74) is 10.4. The van der Waals surface area contributed by atoms with Crippen LogP contribution >= 0.6 is 11.3 Å². The molecule has 14 nitrogen and oxygen atoms in total. The molecule has 0 bridgehead atoms. The molecule has 2 aromatic heterocycles. The SMILES string of the molecule is Cc1ncsc1-c1ccc(C(C)NC(=O)[C@@H]2C[C@@H](O)CN2C(=O)C(NC(=O)CC2(O)CCN(c3cc(-c4ccccc4O)nnc3N)CC2)C(C)(C)C)cc1. The number of carbonyl (C=O) groups excluding carboxylic acids is 3. The number of aryl methyl sites for hydroxylation is 1. The van der Waals surface area contributed by atoms with Gasteiger partial charge in [-0.1, -0.05) is 57.2 Å². The van der Waals surface area contributed by atoms with Crippen molar-refractivity contribution in [3.05, 3.63) is 71.4 Å². The molecule has 2 aliphatic rings. The van der Waals surface area contributed by atoms with Crippen LogP contribution in [0.25, 0.3) is 21.7 Å². The number of nitrogens with one attached hydrogen (secondary N) is 2. The lowest BCUT2D eigenvalue weighted by Crippen LogP contribution is -2.58. The first kappa shape index (κ1) is 39.6. The minimum Gasteiger partial charge on any atom is -0.507 e. The maximum Gasteiger partial charge on any atom is 0.246 e. The number of para-hydroxylation sites is 1. The van der Waals surface area contributed by atoms with Crippen LogP contribution in [-0.2, 0) is 14.4 Å². The van der Waals surface area contributed by atoms with Gasteiger partial charge in [0.05, 0.1) is 51.6 Å². The highest BCUT2D eigenvalue weighted by molar-refractivity contribution is 7.13. The van der Waals surface area contributed by atoms with Gasteiger partial charge < -0.3 is 41.5 Å². The van der Waals surface area contributed by atoms with Crippen molar-refractivity contribution in [2.75, 3.05) is 30.3 Å². The number of piperidine rings is 1. The van der Waals surface area contributed by atoms with Gasteiger partial charge in [-0.15, -0.1) is 21.5 Å². The smallest absolute Gasteiger partial charge is 0.246 e. The van der Waals surface area contributed by atoms with Gasteiger partial charge >= 0.3 is 0 Å². The van der Waals surface area contributed by atoms with Crippen molar-refractivity contribution < 1.29 is 29.7 Å². The number of nitrogen functional groups attached to an aromatic ring is 1. The molecule has 0 radical (unpaired) electrons. The molecule has 55 heavy (non-hydrogen) atoms. The molecular weight excluding hydrogens is 721 g/mol. The third kappa shape index (κ3) is 8.90. The maximum atomic E-state index is 14.2. The number of aromatic hydroxyl groups is 1. The fraction of sp³-hybridized carbons (Fsp3) is 0.450. The van der Waals surface area contributed by atoms with Crippen LogP contribution in [0.1, 0.15) is 70.7 Å². The standard InChI is InChI=1S/C40H50N8O6S/c1-23(25-10-12-26(13-11-25)34-24(2)42-22-55-34)43-37(52)31-18-27(49)21-48(31)38(53)35(39(3,4)5)44-33(51)20-40(54)14-16-47(17-15-40)30-19-29(45-46-36(30)41)28-8-6-7-9-32(28)50/h6-13,19,22-23,27,31,35,49-50,54H,14-18,20-21H2,1-5H3,(H2,41,46)(H,43,52)(H,44,51)/t23?,27-,31+,35?/m1/s1. The molecule has 6 rings (SSSR count). The van der Waals surface area contributed by atoms with Crippen molar-refractivity contribution >= 4 is 40.6 Å². The highest BCUT2D eigenvalue weighted by atomic mass is 32.1. The third-order valence-electron chi connectivity index (χ3n) is 10.6. The Balaban J connectivity index is 1.08. The number of hydrogen-bond donors (Lipinski definition) is 6. The van der Waals surface area contributed by atoms with Gasteiger partial charge in [0.1, 0.15) is 17.8 Å². The fourth-order valence-electron chi connectivity index (χ4n) is 7.33. The van der Waals surface area contributed by atoms with Crippen LogP contribution in [0.4, 0.5) is 11.5 Å². The molecule has 2 aromatic carbocycles. The molecule has 2 unspecified atom stereocenters. The average molecular weight is 771 g/mol. The van der Waals surface area contributed by atoms with E-state index >= 15 is 0 Å². The van der Waals surface area contributed by atoms with Crippen LogP contribution in [0.5, 0.6) is 5.75 Å². The number of aromatic nitrogens is 3. The van der Waals surface area contributed by atoms with Crippen LogP contribution in [0.2, 0.25) is 0 Å². The summed E-state index contributed by atoms with van der Waals surface area (Å²) >= 11 is 1.57. The fourth-order valence-corrected chi connectivity index (χ4v) is 8.15. The molecule has 2 fully saturated rings. The molecule has 4 heterocycles. The Kier molecular flexibility index (Phi) is 11.5. The number of thiazole rings is 1. The Labute approximate surface area is 324 Å². The maximum absolute atomic E-state index is 14.2. The Hall–Kier alpha value is -5.12. The van der Waals surface area contributed by atoms with Gasteiger partial charge in [0.2, 0.25) is 17.7 Å². The predicted molar refractivity (Wildman–Crippen MR) is 211 cm³/mol. The Morgan fingerprint density at radius 2 is 1.75 bits per heavy atom. The number of rotatable bonds is 10.